The quantitative estimate of drug-likeness (QED) is 0.385. The maximum Gasteiger partial charge on any atom is 0.406 e. The minimum absolute atomic E-state index is 0.168. The highest BCUT2D eigenvalue weighted by molar-refractivity contribution is 7.90. The molecular weight excluding hydrogens is 527 g/mol. The monoisotopic (exact) mass is 557 g/mol. The van der Waals surface area contributed by atoms with Gasteiger partial charge in [0, 0.05) is 55.1 Å². The summed E-state index contributed by atoms with van der Waals surface area (Å²) >= 11 is 0. The number of piperidine rings is 1. The molecule has 1 aromatic heterocycles. The van der Waals surface area contributed by atoms with E-state index in [-0.39, 0.29) is 23.2 Å². The summed E-state index contributed by atoms with van der Waals surface area (Å²) in [6, 6.07) is 15.5. The van der Waals surface area contributed by atoms with Crippen LogP contribution in [0.1, 0.15) is 25.0 Å². The Morgan fingerprint density at radius 3 is 2.46 bits per heavy atom. The molecule has 2 aromatic carbocycles. The summed E-state index contributed by atoms with van der Waals surface area (Å²) in [6.45, 7) is 1.50. The fraction of sp³-hybridized carbons (Fsp3) is 0.393. The zero-order valence-electron chi connectivity index (χ0n) is 21.6. The Balaban J connectivity index is 1.51. The van der Waals surface area contributed by atoms with Crippen molar-refractivity contribution in [1.82, 2.24) is 9.47 Å². The van der Waals surface area contributed by atoms with Crippen LogP contribution in [0, 0.1) is 23.2 Å². The van der Waals surface area contributed by atoms with E-state index in [1.165, 1.54) is 16.7 Å². The minimum atomic E-state index is -4.42. The van der Waals surface area contributed by atoms with Crippen molar-refractivity contribution in [3.8, 4) is 17.9 Å². The van der Waals surface area contributed by atoms with Crippen LogP contribution in [0.5, 0.6) is 0 Å². The number of fused-ring (bicyclic) bond motifs is 1. The Morgan fingerprint density at radius 2 is 1.82 bits per heavy atom. The van der Waals surface area contributed by atoms with Gasteiger partial charge in [0.05, 0.1) is 28.7 Å². The molecule has 0 amide bonds. The predicted octanol–water partition coefficient (Wildman–Crippen LogP) is 4.86. The van der Waals surface area contributed by atoms with Crippen molar-refractivity contribution in [3.05, 3.63) is 54.2 Å². The van der Waals surface area contributed by atoms with E-state index in [1.807, 2.05) is 6.07 Å². The van der Waals surface area contributed by atoms with E-state index in [9.17, 15) is 21.6 Å². The molecule has 0 unspecified atom stereocenters. The zero-order chi connectivity index (χ0) is 28.0. The number of sulfone groups is 1. The Labute approximate surface area is 226 Å². The van der Waals surface area contributed by atoms with Crippen LogP contribution < -0.4 is 10.6 Å². The number of hydrogen-bond donors (Lipinski definition) is 2. The first-order valence-corrected chi connectivity index (χ1v) is 14.5. The second kappa shape index (κ2) is 12.0. The second-order valence-corrected chi connectivity index (χ2v) is 11.6. The maximum absolute atomic E-state index is 13.5. The summed E-state index contributed by atoms with van der Waals surface area (Å²) in [7, 11) is -3.30. The maximum atomic E-state index is 13.5. The van der Waals surface area contributed by atoms with Gasteiger partial charge in [-0.25, -0.2) is 8.42 Å². The standard InChI is InChI=1S/C28H30F3N5O2S/c1-39(37,38)24-10-8-21(9-11-24)33-15-3-5-23-19-25-26(6-2-7-27(25)36(23)20-28(29,30)31)34-22-12-17-35(18-13-22)16-4-14-32/h2,6-11,19,22,33-34H,4,12-13,15-18,20H2,1H3. The van der Waals surface area contributed by atoms with Crippen molar-refractivity contribution in [1.29, 1.82) is 5.26 Å². The van der Waals surface area contributed by atoms with Gasteiger partial charge in [-0.15, -0.1) is 0 Å². The molecule has 3 aromatic rings. The van der Waals surface area contributed by atoms with E-state index < -0.39 is 22.6 Å². The van der Waals surface area contributed by atoms with Crippen LogP contribution in [0.4, 0.5) is 24.5 Å². The van der Waals surface area contributed by atoms with Gasteiger partial charge < -0.3 is 20.1 Å². The average Bonchev–Trinajstić information content (AvgIpc) is 3.22. The summed E-state index contributed by atoms with van der Waals surface area (Å²) < 4.78 is 64.9. The molecule has 2 heterocycles. The molecule has 206 valence electrons. The van der Waals surface area contributed by atoms with Crippen molar-refractivity contribution in [3.63, 3.8) is 0 Å². The van der Waals surface area contributed by atoms with Crippen LogP contribution in [0.25, 0.3) is 10.9 Å². The number of hydrogen-bond acceptors (Lipinski definition) is 6. The van der Waals surface area contributed by atoms with E-state index in [4.69, 9.17) is 5.26 Å². The van der Waals surface area contributed by atoms with Crippen molar-refractivity contribution < 1.29 is 21.6 Å². The lowest BCUT2D eigenvalue weighted by Crippen LogP contribution is -2.39. The fourth-order valence-corrected chi connectivity index (χ4v) is 5.32. The van der Waals surface area contributed by atoms with Gasteiger partial charge in [0.1, 0.15) is 6.54 Å². The molecule has 1 aliphatic rings. The van der Waals surface area contributed by atoms with E-state index in [0.717, 1.165) is 44.4 Å². The molecule has 1 fully saturated rings. The Morgan fingerprint density at radius 1 is 1.10 bits per heavy atom. The lowest BCUT2D eigenvalue weighted by atomic mass is 10.0. The molecule has 0 aliphatic carbocycles. The highest BCUT2D eigenvalue weighted by Gasteiger charge is 2.30. The molecule has 1 aliphatic heterocycles. The number of benzene rings is 2. The number of anilines is 2. The molecule has 4 rings (SSSR count). The lowest BCUT2D eigenvalue weighted by Gasteiger charge is -2.32. The summed E-state index contributed by atoms with van der Waals surface area (Å²) in [5.74, 6) is 5.77. The number of aromatic nitrogens is 1. The van der Waals surface area contributed by atoms with Crippen molar-refractivity contribution in [2.24, 2.45) is 0 Å². The van der Waals surface area contributed by atoms with Gasteiger partial charge >= 0.3 is 6.18 Å². The molecule has 1 saturated heterocycles. The molecular formula is C28H30F3N5O2S. The van der Waals surface area contributed by atoms with Crippen LogP contribution in [0.15, 0.2) is 53.4 Å². The van der Waals surface area contributed by atoms with E-state index in [1.54, 1.807) is 30.3 Å². The topological polar surface area (TPSA) is 90.2 Å². The van der Waals surface area contributed by atoms with Gasteiger partial charge in [-0.3, -0.25) is 0 Å². The van der Waals surface area contributed by atoms with Crippen molar-refractivity contribution >= 4 is 32.1 Å². The number of halogens is 3. The van der Waals surface area contributed by atoms with Crippen LogP contribution in [-0.2, 0) is 16.4 Å². The lowest BCUT2D eigenvalue weighted by molar-refractivity contribution is -0.140. The molecule has 11 heteroatoms. The van der Waals surface area contributed by atoms with Gasteiger partial charge in [-0.1, -0.05) is 12.0 Å². The van der Waals surface area contributed by atoms with Crippen molar-refractivity contribution in [2.75, 3.05) is 43.1 Å². The third-order valence-corrected chi connectivity index (χ3v) is 7.78. The summed E-state index contributed by atoms with van der Waals surface area (Å²) in [6.07, 6.45) is -1.02. The fourth-order valence-electron chi connectivity index (χ4n) is 4.69. The highest BCUT2D eigenvalue weighted by atomic mass is 32.2. The van der Waals surface area contributed by atoms with Crippen LogP contribution in [0.2, 0.25) is 0 Å². The second-order valence-electron chi connectivity index (χ2n) is 9.59. The molecule has 7 nitrogen and oxygen atoms in total. The number of nitrogens with one attached hydrogen (secondary N) is 2. The van der Waals surface area contributed by atoms with E-state index in [0.29, 0.717) is 23.0 Å². The number of rotatable bonds is 8. The van der Waals surface area contributed by atoms with Gasteiger partial charge in [0.15, 0.2) is 9.84 Å². The first-order valence-electron chi connectivity index (χ1n) is 12.6. The van der Waals surface area contributed by atoms with E-state index >= 15 is 0 Å². The average molecular weight is 558 g/mol. The van der Waals surface area contributed by atoms with Crippen LogP contribution in [-0.4, -0.2) is 62.5 Å². The van der Waals surface area contributed by atoms with Gasteiger partial charge in [-0.2, -0.15) is 18.4 Å². The molecule has 0 bridgehead atoms. The number of alkyl halides is 3. The largest absolute Gasteiger partial charge is 0.406 e. The molecule has 0 spiro atoms. The third kappa shape index (κ3) is 7.69. The Hall–Kier alpha value is -3.67. The van der Waals surface area contributed by atoms with E-state index in [2.05, 4.69) is 33.4 Å². The molecule has 0 atom stereocenters. The molecule has 39 heavy (non-hydrogen) atoms. The first kappa shape index (κ1) is 28.3. The SMILES string of the molecule is CS(=O)(=O)c1ccc(NCC#Cc2cc3c(NC4CCN(CCC#N)CC4)cccc3n2CC(F)(F)F)cc1. The highest BCUT2D eigenvalue weighted by Crippen LogP contribution is 2.31. The van der Waals surface area contributed by atoms with Gasteiger partial charge in [0.2, 0.25) is 0 Å². The minimum Gasteiger partial charge on any atom is -0.382 e. The summed E-state index contributed by atoms with van der Waals surface area (Å²) in [5.41, 5.74) is 2.14. The smallest absolute Gasteiger partial charge is 0.382 e. The summed E-state index contributed by atoms with van der Waals surface area (Å²) in [4.78, 5) is 2.45. The molecule has 2 N–H and O–H groups in total. The van der Waals surface area contributed by atoms with Crippen molar-refractivity contribution in [2.45, 2.75) is 42.9 Å². The normalized spacial score (nSPS) is 14.9. The molecule has 0 radical (unpaired) electrons. The number of likely N-dealkylation sites (tertiary alicyclic amines) is 1. The third-order valence-electron chi connectivity index (χ3n) is 6.65. The van der Waals surface area contributed by atoms with Gasteiger partial charge in [-0.05, 0) is 61.2 Å². The van der Waals surface area contributed by atoms with Crippen LogP contribution in [0.3, 0.4) is 0 Å². The Kier molecular flexibility index (Phi) is 8.73. The first-order chi connectivity index (χ1) is 18.5. The zero-order valence-corrected chi connectivity index (χ0v) is 22.4. The van der Waals surface area contributed by atoms with Gasteiger partial charge in [0.25, 0.3) is 0 Å². The summed E-state index contributed by atoms with van der Waals surface area (Å²) in [5, 5.41) is 16.0. The molecule has 0 saturated carbocycles. The predicted molar refractivity (Wildman–Crippen MR) is 146 cm³/mol. The number of nitriles is 1. The van der Waals surface area contributed by atoms with Crippen LogP contribution >= 0.6 is 0 Å². The number of nitrogens with zero attached hydrogens (tertiary/aromatic N) is 3. The Bertz CT molecular complexity index is 1510.